The van der Waals surface area contributed by atoms with Crippen LogP contribution in [0.3, 0.4) is 0 Å². The Morgan fingerprint density at radius 2 is 1.44 bits per heavy atom. The van der Waals surface area contributed by atoms with Gasteiger partial charge in [0.25, 0.3) is 5.09 Å². The van der Waals surface area contributed by atoms with Crippen LogP contribution in [-0.2, 0) is 0 Å². The van der Waals surface area contributed by atoms with E-state index in [1.54, 1.807) is 54.6 Å². The molecule has 0 radical (unpaired) electrons. The van der Waals surface area contributed by atoms with E-state index in [4.69, 9.17) is 0 Å². The molecule has 3 aromatic rings. The number of aromatic nitrogens is 1. The van der Waals surface area contributed by atoms with Crippen molar-refractivity contribution >= 4 is 10.9 Å². The number of fused-ring (bicyclic) bond motifs is 1. The lowest BCUT2D eigenvalue weighted by atomic mass is 10.0. The summed E-state index contributed by atoms with van der Waals surface area (Å²) in [5, 5.41) is 19.9. The van der Waals surface area contributed by atoms with Crippen LogP contribution in [0.2, 0.25) is 0 Å². The molecule has 2 N–H and O–H groups in total. The molecule has 0 amide bonds. The molecule has 3 rings (SSSR count). The zero-order valence-corrected chi connectivity index (χ0v) is 12.5. The lowest BCUT2D eigenvalue weighted by molar-refractivity contribution is -0.722. The highest BCUT2D eigenvalue weighted by molar-refractivity contribution is 5.98. The number of pyridine rings is 1. The van der Waals surface area contributed by atoms with Gasteiger partial charge in [0.2, 0.25) is 5.88 Å². The van der Waals surface area contributed by atoms with Crippen LogP contribution < -0.4 is 9.68 Å². The molecule has 0 saturated heterocycles. The number of nitrogens with zero attached hydrogens (tertiary/aromatic N) is 3. The molecule has 10 heteroatoms. The van der Waals surface area contributed by atoms with Crippen molar-refractivity contribution in [3.63, 3.8) is 0 Å². The molecule has 1 heterocycles. The fourth-order valence-electron chi connectivity index (χ4n) is 2.36. The van der Waals surface area contributed by atoms with Gasteiger partial charge in [-0.2, -0.15) is 0 Å². The number of rotatable bonds is 5. The molecule has 0 aliphatic rings. The quantitative estimate of drug-likeness (QED) is 0.508. The van der Waals surface area contributed by atoms with Crippen molar-refractivity contribution in [3.8, 4) is 22.8 Å². The van der Waals surface area contributed by atoms with Crippen LogP contribution in [0, 0.1) is 20.2 Å². The predicted molar refractivity (Wildman–Crippen MR) is 86.0 cm³/mol. The maximum Gasteiger partial charge on any atom is 0.301 e. The van der Waals surface area contributed by atoms with Crippen molar-refractivity contribution in [1.29, 1.82) is 0 Å². The Morgan fingerprint density at radius 1 is 0.840 bits per heavy atom. The van der Waals surface area contributed by atoms with E-state index in [-0.39, 0.29) is 11.0 Å². The summed E-state index contributed by atoms with van der Waals surface area (Å²) in [5.74, 6) is -1.02. The summed E-state index contributed by atoms with van der Waals surface area (Å²) in [6.07, 6.45) is 0. The second-order valence-corrected chi connectivity index (χ2v) is 4.63. The molecular weight excluding hydrogens is 334 g/mol. The predicted octanol–water partition coefficient (Wildman–Crippen LogP) is 2.22. The van der Waals surface area contributed by atoms with Crippen LogP contribution in [0.25, 0.3) is 22.0 Å². The molecule has 2 aromatic carbocycles. The Morgan fingerprint density at radius 3 is 2.08 bits per heavy atom. The van der Waals surface area contributed by atoms with Gasteiger partial charge in [0, 0.05) is 10.9 Å². The average Bonchev–Trinajstić information content (AvgIpc) is 2.55. The van der Waals surface area contributed by atoms with Gasteiger partial charge in [-0.3, -0.25) is 9.68 Å². The molecule has 0 saturated carbocycles. The van der Waals surface area contributed by atoms with Crippen LogP contribution in [0.1, 0.15) is 0 Å². The van der Waals surface area contributed by atoms with Crippen molar-refractivity contribution < 1.29 is 25.3 Å². The van der Waals surface area contributed by atoms with E-state index in [1.165, 1.54) is 0 Å². The molecule has 0 unspecified atom stereocenters. The first-order chi connectivity index (χ1) is 11.6. The van der Waals surface area contributed by atoms with Gasteiger partial charge in [0.1, 0.15) is 0 Å². The van der Waals surface area contributed by atoms with Crippen LogP contribution in [-0.4, -0.2) is 20.6 Å². The molecule has 0 fully saturated rings. The summed E-state index contributed by atoms with van der Waals surface area (Å²) in [5.41, 5.74) is 1.24. The maximum atomic E-state index is 10.9. The van der Waals surface area contributed by atoms with Crippen LogP contribution in [0.4, 0.5) is 0 Å². The van der Waals surface area contributed by atoms with Gasteiger partial charge in [-0.1, -0.05) is 48.5 Å². The lowest BCUT2D eigenvalue weighted by Crippen LogP contribution is -2.11. The van der Waals surface area contributed by atoms with Crippen LogP contribution >= 0.6 is 0 Å². The highest BCUT2D eigenvalue weighted by Crippen LogP contribution is 2.42. The summed E-state index contributed by atoms with van der Waals surface area (Å²) in [6, 6.07) is 15.3. The van der Waals surface area contributed by atoms with E-state index in [1.807, 2.05) is 0 Å². The Hall–Kier alpha value is -3.79. The first-order valence-electron chi connectivity index (χ1n) is 6.69. The molecule has 0 bridgehead atoms. The molecule has 0 atom stereocenters. The molecule has 0 aliphatic carbocycles. The van der Waals surface area contributed by atoms with E-state index >= 15 is 0 Å². The number of benzene rings is 2. The number of para-hydroxylation sites is 1. The van der Waals surface area contributed by atoms with Gasteiger partial charge in [-0.05, 0) is 11.6 Å². The first-order valence-corrected chi connectivity index (χ1v) is 6.69. The normalized spacial score (nSPS) is 9.92. The summed E-state index contributed by atoms with van der Waals surface area (Å²) in [7, 11) is 0. The minimum Gasteiger partial charge on any atom is -0.412 e. The Labute approximate surface area is 139 Å². The Balaban J connectivity index is 0.00000225. The molecular formula is C15H11N3O7. The third kappa shape index (κ3) is 3.59. The van der Waals surface area contributed by atoms with Crippen molar-refractivity contribution in [2.24, 2.45) is 0 Å². The van der Waals surface area contributed by atoms with E-state index in [9.17, 15) is 20.2 Å². The van der Waals surface area contributed by atoms with Gasteiger partial charge in [-0.15, -0.1) is 20.2 Å². The minimum atomic E-state index is -1.10. The fourth-order valence-corrected chi connectivity index (χ4v) is 2.36. The first kappa shape index (κ1) is 17.6. The summed E-state index contributed by atoms with van der Waals surface area (Å²) < 4.78 is 0. The molecule has 0 spiro atoms. The van der Waals surface area contributed by atoms with Gasteiger partial charge in [0.15, 0.2) is 5.75 Å². The highest BCUT2D eigenvalue weighted by Gasteiger charge is 2.22. The zero-order chi connectivity index (χ0) is 17.1. The molecule has 10 nitrogen and oxygen atoms in total. The van der Waals surface area contributed by atoms with E-state index in [0.29, 0.717) is 16.5 Å². The fraction of sp³-hybridized carbons (Fsp3) is 0. The van der Waals surface area contributed by atoms with Gasteiger partial charge in [0.05, 0.1) is 5.52 Å². The van der Waals surface area contributed by atoms with Crippen molar-refractivity contribution in [2.75, 3.05) is 0 Å². The highest BCUT2D eigenvalue weighted by atomic mass is 17.0. The molecule has 0 aliphatic heterocycles. The third-order valence-corrected chi connectivity index (χ3v) is 3.21. The average molecular weight is 345 g/mol. The lowest BCUT2D eigenvalue weighted by Gasteiger charge is -2.14. The maximum absolute atomic E-state index is 10.9. The van der Waals surface area contributed by atoms with Gasteiger partial charge in [-0.25, -0.2) is 4.98 Å². The Bertz CT molecular complexity index is 931. The van der Waals surface area contributed by atoms with Gasteiger partial charge >= 0.3 is 5.09 Å². The summed E-state index contributed by atoms with van der Waals surface area (Å²) >= 11 is 0. The SMILES string of the molecule is O.O=[N+]([O-])Oc1nc2ccccc2c(-c2ccccc2)c1O[N+](=O)[O-]. The standard InChI is InChI=1S/C15H9N3O6.H2O/c19-17(20)23-14-13(10-6-2-1-3-7-10)11-8-4-5-9-12(11)16-15(14)24-18(21)22;/h1-9H;1H2. The van der Waals surface area contributed by atoms with Crippen LogP contribution in [0.15, 0.2) is 54.6 Å². The van der Waals surface area contributed by atoms with Crippen molar-refractivity contribution in [3.05, 3.63) is 74.8 Å². The molecule has 1 aromatic heterocycles. The molecule has 128 valence electrons. The van der Waals surface area contributed by atoms with Crippen molar-refractivity contribution in [2.45, 2.75) is 0 Å². The topological polar surface area (TPSA) is 149 Å². The monoisotopic (exact) mass is 345 g/mol. The number of hydrogen-bond donors (Lipinski definition) is 0. The van der Waals surface area contributed by atoms with Gasteiger partial charge < -0.3 is 5.48 Å². The third-order valence-electron chi connectivity index (χ3n) is 3.21. The molecule has 25 heavy (non-hydrogen) atoms. The van der Waals surface area contributed by atoms with E-state index < -0.39 is 21.8 Å². The summed E-state index contributed by atoms with van der Waals surface area (Å²) in [6.45, 7) is 0. The minimum absolute atomic E-state index is 0. The number of hydrogen-bond acceptors (Lipinski definition) is 7. The van der Waals surface area contributed by atoms with E-state index in [2.05, 4.69) is 14.7 Å². The summed E-state index contributed by atoms with van der Waals surface area (Å²) in [4.78, 5) is 34.5. The second-order valence-electron chi connectivity index (χ2n) is 4.63. The van der Waals surface area contributed by atoms with Crippen molar-refractivity contribution in [1.82, 2.24) is 4.98 Å². The Kier molecular flexibility index (Phi) is 5.05. The smallest absolute Gasteiger partial charge is 0.301 e. The second kappa shape index (κ2) is 7.19. The zero-order valence-electron chi connectivity index (χ0n) is 12.5. The van der Waals surface area contributed by atoms with Crippen LogP contribution in [0.5, 0.6) is 11.6 Å². The largest absolute Gasteiger partial charge is 0.412 e. The van der Waals surface area contributed by atoms with E-state index in [0.717, 1.165) is 0 Å².